The largest absolute Gasteiger partial charge is 0.330 e. The van der Waals surface area contributed by atoms with Gasteiger partial charge < -0.3 is 11.1 Å². The van der Waals surface area contributed by atoms with Crippen LogP contribution in [0.2, 0.25) is 0 Å². The van der Waals surface area contributed by atoms with Gasteiger partial charge in [0.15, 0.2) is 0 Å². The minimum Gasteiger partial charge on any atom is -0.330 e. The summed E-state index contributed by atoms with van der Waals surface area (Å²) in [5.74, 6) is 0.427. The van der Waals surface area contributed by atoms with Gasteiger partial charge in [-0.05, 0) is 31.0 Å². The first-order chi connectivity index (χ1) is 7.83. The van der Waals surface area contributed by atoms with Gasteiger partial charge in [0.05, 0.1) is 0 Å². The molecule has 1 heterocycles. The van der Waals surface area contributed by atoms with Gasteiger partial charge in [-0.25, -0.2) is 0 Å². The van der Waals surface area contributed by atoms with Crippen LogP contribution in [0.25, 0.3) is 0 Å². The zero-order valence-electron chi connectivity index (χ0n) is 9.45. The molecule has 1 aliphatic rings. The molecular weight excluding hydrogens is 264 g/mol. The molecule has 2 atom stereocenters. The van der Waals surface area contributed by atoms with Gasteiger partial charge in [-0.3, -0.25) is 0 Å². The normalized spacial score (nSPS) is 23.0. The molecule has 0 bridgehead atoms. The monoisotopic (exact) mass is 282 g/mol. The van der Waals surface area contributed by atoms with Crippen molar-refractivity contribution in [2.24, 2.45) is 5.73 Å². The zero-order valence-corrected chi connectivity index (χ0v) is 11.0. The molecule has 1 aromatic rings. The second-order valence-corrected chi connectivity index (χ2v) is 5.27. The molecule has 3 N–H and O–H groups in total. The maximum Gasteiger partial charge on any atom is 0.0211 e. The Kier molecular flexibility index (Phi) is 4.38. The number of hydrogen-bond donors (Lipinski definition) is 2. The summed E-state index contributed by atoms with van der Waals surface area (Å²) in [5.41, 5.74) is 7.28. The minimum absolute atomic E-state index is 0.427. The van der Waals surface area contributed by atoms with E-state index in [0.29, 0.717) is 18.5 Å². The topological polar surface area (TPSA) is 38.0 Å². The molecule has 1 fully saturated rings. The molecule has 1 saturated heterocycles. The van der Waals surface area contributed by atoms with Crippen LogP contribution >= 0.6 is 15.9 Å². The van der Waals surface area contributed by atoms with E-state index < -0.39 is 0 Å². The van der Waals surface area contributed by atoms with Gasteiger partial charge in [0.2, 0.25) is 0 Å². The Morgan fingerprint density at radius 1 is 1.38 bits per heavy atom. The zero-order chi connectivity index (χ0) is 11.4. The fraction of sp³-hybridized carbons (Fsp3) is 0.538. The van der Waals surface area contributed by atoms with E-state index in [0.717, 1.165) is 6.54 Å². The third-order valence-electron chi connectivity index (χ3n) is 3.39. The van der Waals surface area contributed by atoms with Gasteiger partial charge >= 0.3 is 0 Å². The number of hydrogen-bond acceptors (Lipinski definition) is 2. The van der Waals surface area contributed by atoms with Crippen molar-refractivity contribution in [3.63, 3.8) is 0 Å². The van der Waals surface area contributed by atoms with Crippen molar-refractivity contribution in [3.8, 4) is 0 Å². The van der Waals surface area contributed by atoms with Crippen LogP contribution in [0, 0.1) is 0 Å². The standard InChI is InChI=1S/C13H19BrN2/c14-12-6-2-1-5-10(12)11(9-15)13-7-3-4-8-16-13/h1-2,5-6,11,13,16H,3-4,7-9,15H2. The van der Waals surface area contributed by atoms with Crippen LogP contribution < -0.4 is 11.1 Å². The lowest BCUT2D eigenvalue weighted by molar-refractivity contribution is 0.352. The lowest BCUT2D eigenvalue weighted by Crippen LogP contribution is -2.41. The second kappa shape index (κ2) is 5.80. The van der Waals surface area contributed by atoms with Crippen LogP contribution in [0.5, 0.6) is 0 Å². The quantitative estimate of drug-likeness (QED) is 0.895. The Bertz CT molecular complexity index is 334. The van der Waals surface area contributed by atoms with E-state index in [-0.39, 0.29) is 0 Å². The van der Waals surface area contributed by atoms with E-state index in [4.69, 9.17) is 5.73 Å². The average Bonchev–Trinajstić information content (AvgIpc) is 2.34. The fourth-order valence-electron chi connectivity index (χ4n) is 2.51. The molecule has 0 spiro atoms. The number of nitrogens with two attached hydrogens (primary N) is 1. The van der Waals surface area contributed by atoms with Crippen molar-refractivity contribution in [1.29, 1.82) is 0 Å². The maximum absolute atomic E-state index is 5.94. The Hall–Kier alpha value is -0.380. The van der Waals surface area contributed by atoms with Crippen LogP contribution in [0.3, 0.4) is 0 Å². The first-order valence-corrected chi connectivity index (χ1v) is 6.80. The number of rotatable bonds is 3. The van der Waals surface area contributed by atoms with E-state index in [2.05, 4.69) is 45.5 Å². The third-order valence-corrected chi connectivity index (χ3v) is 4.11. The molecule has 0 aliphatic carbocycles. The van der Waals surface area contributed by atoms with E-state index >= 15 is 0 Å². The van der Waals surface area contributed by atoms with Crippen molar-refractivity contribution in [1.82, 2.24) is 5.32 Å². The molecule has 1 aliphatic heterocycles. The van der Waals surface area contributed by atoms with E-state index in [1.54, 1.807) is 0 Å². The Morgan fingerprint density at radius 2 is 2.19 bits per heavy atom. The smallest absolute Gasteiger partial charge is 0.0211 e. The first kappa shape index (κ1) is 12.1. The van der Waals surface area contributed by atoms with Gasteiger partial charge in [-0.15, -0.1) is 0 Å². The molecule has 0 saturated carbocycles. The molecule has 2 rings (SSSR count). The predicted molar refractivity (Wildman–Crippen MR) is 71.6 cm³/mol. The van der Waals surface area contributed by atoms with Crippen molar-refractivity contribution < 1.29 is 0 Å². The molecule has 0 radical (unpaired) electrons. The molecule has 2 unspecified atom stereocenters. The van der Waals surface area contributed by atoms with Gasteiger partial charge in [0, 0.05) is 23.0 Å². The van der Waals surface area contributed by atoms with Gasteiger partial charge in [0.1, 0.15) is 0 Å². The van der Waals surface area contributed by atoms with Gasteiger partial charge in [-0.1, -0.05) is 40.5 Å². The number of benzene rings is 1. The summed E-state index contributed by atoms with van der Waals surface area (Å²) in [5, 5.41) is 3.59. The highest BCUT2D eigenvalue weighted by molar-refractivity contribution is 9.10. The van der Waals surface area contributed by atoms with Crippen LogP contribution in [-0.4, -0.2) is 19.1 Å². The highest BCUT2D eigenvalue weighted by atomic mass is 79.9. The molecule has 16 heavy (non-hydrogen) atoms. The fourth-order valence-corrected chi connectivity index (χ4v) is 3.08. The molecule has 0 aromatic heterocycles. The lowest BCUT2D eigenvalue weighted by Gasteiger charge is -2.31. The highest BCUT2D eigenvalue weighted by Crippen LogP contribution is 2.29. The van der Waals surface area contributed by atoms with Crippen molar-refractivity contribution in [2.45, 2.75) is 31.2 Å². The SMILES string of the molecule is NCC(c1ccccc1Br)C1CCCCN1. The maximum atomic E-state index is 5.94. The average molecular weight is 283 g/mol. The lowest BCUT2D eigenvalue weighted by atomic mass is 9.86. The van der Waals surface area contributed by atoms with Crippen LogP contribution in [0.15, 0.2) is 28.7 Å². The van der Waals surface area contributed by atoms with Crippen molar-refractivity contribution >= 4 is 15.9 Å². The molecule has 3 heteroatoms. The molecule has 1 aromatic carbocycles. The molecule has 88 valence electrons. The van der Waals surface area contributed by atoms with Crippen LogP contribution in [0.4, 0.5) is 0 Å². The Balaban J connectivity index is 2.18. The highest BCUT2D eigenvalue weighted by Gasteiger charge is 2.24. The van der Waals surface area contributed by atoms with E-state index in [1.165, 1.54) is 29.3 Å². The van der Waals surface area contributed by atoms with Crippen molar-refractivity contribution in [3.05, 3.63) is 34.3 Å². The van der Waals surface area contributed by atoms with Crippen molar-refractivity contribution in [2.75, 3.05) is 13.1 Å². The summed E-state index contributed by atoms with van der Waals surface area (Å²) >= 11 is 3.62. The predicted octanol–water partition coefficient (Wildman–Crippen LogP) is 2.63. The summed E-state index contributed by atoms with van der Waals surface area (Å²) in [6.45, 7) is 1.84. The molecule has 2 nitrogen and oxygen atoms in total. The second-order valence-electron chi connectivity index (χ2n) is 4.42. The third kappa shape index (κ3) is 2.65. The number of halogens is 1. The summed E-state index contributed by atoms with van der Waals surface area (Å²) in [7, 11) is 0. The summed E-state index contributed by atoms with van der Waals surface area (Å²) in [6.07, 6.45) is 3.85. The molecular formula is C13H19BrN2. The van der Waals surface area contributed by atoms with Crippen LogP contribution in [0.1, 0.15) is 30.7 Å². The number of nitrogens with one attached hydrogen (secondary N) is 1. The number of piperidine rings is 1. The molecule has 0 amide bonds. The van der Waals surface area contributed by atoms with Gasteiger partial charge in [-0.2, -0.15) is 0 Å². The summed E-state index contributed by atoms with van der Waals surface area (Å²) in [4.78, 5) is 0. The van der Waals surface area contributed by atoms with E-state index in [1.807, 2.05) is 0 Å². The summed E-state index contributed by atoms with van der Waals surface area (Å²) < 4.78 is 1.18. The summed E-state index contributed by atoms with van der Waals surface area (Å²) in [6, 6.07) is 8.96. The minimum atomic E-state index is 0.427. The van der Waals surface area contributed by atoms with E-state index in [9.17, 15) is 0 Å². The first-order valence-electron chi connectivity index (χ1n) is 6.01. The Labute approximate surface area is 106 Å². The van der Waals surface area contributed by atoms with Gasteiger partial charge in [0.25, 0.3) is 0 Å². The Morgan fingerprint density at radius 3 is 2.81 bits per heavy atom. The van der Waals surface area contributed by atoms with Crippen LogP contribution in [-0.2, 0) is 0 Å².